The van der Waals surface area contributed by atoms with Gasteiger partial charge < -0.3 is 16.0 Å². The maximum absolute atomic E-state index is 12.2. The number of thiazole rings is 1. The Balaban J connectivity index is 1.78. The van der Waals surface area contributed by atoms with Crippen molar-refractivity contribution in [2.45, 2.75) is 13.3 Å². The molecule has 2 heterocycles. The molecule has 0 spiro atoms. The molecule has 1 aromatic carbocycles. The van der Waals surface area contributed by atoms with Crippen molar-refractivity contribution in [2.75, 3.05) is 24.5 Å². The fourth-order valence-corrected chi connectivity index (χ4v) is 3.48. The number of aromatic nitrogens is 1. The van der Waals surface area contributed by atoms with Crippen molar-refractivity contribution < 1.29 is 9.59 Å². The molecule has 1 aromatic heterocycles. The van der Waals surface area contributed by atoms with E-state index in [1.165, 1.54) is 0 Å². The smallest absolute Gasteiger partial charge is 0.227 e. The van der Waals surface area contributed by atoms with Crippen LogP contribution in [0.2, 0.25) is 0 Å². The van der Waals surface area contributed by atoms with E-state index in [1.54, 1.807) is 16.2 Å². The van der Waals surface area contributed by atoms with Gasteiger partial charge in [-0.25, -0.2) is 4.98 Å². The molecule has 116 valence electrons. The molecule has 6 nitrogen and oxygen atoms in total. The van der Waals surface area contributed by atoms with Crippen LogP contribution in [-0.2, 0) is 9.59 Å². The number of nitrogens with one attached hydrogen (secondary N) is 1. The summed E-state index contributed by atoms with van der Waals surface area (Å²) in [5.41, 5.74) is 7.07. The molecule has 3 rings (SSSR count). The van der Waals surface area contributed by atoms with Crippen LogP contribution in [0.15, 0.2) is 18.2 Å². The van der Waals surface area contributed by atoms with E-state index in [2.05, 4.69) is 10.3 Å². The highest BCUT2D eigenvalue weighted by Gasteiger charge is 2.35. The SMILES string of the molecule is Cc1nc2cc(N3CC(C(=O)NCCN)CC3=O)ccc2s1. The van der Waals surface area contributed by atoms with E-state index in [4.69, 9.17) is 5.73 Å². The number of benzene rings is 1. The third-order valence-electron chi connectivity index (χ3n) is 3.73. The van der Waals surface area contributed by atoms with Crippen LogP contribution in [0.3, 0.4) is 0 Å². The number of hydrogen-bond acceptors (Lipinski definition) is 5. The summed E-state index contributed by atoms with van der Waals surface area (Å²) in [5.74, 6) is -0.446. The Labute approximate surface area is 132 Å². The molecule has 1 aliphatic heterocycles. The number of hydrogen-bond donors (Lipinski definition) is 2. The zero-order valence-corrected chi connectivity index (χ0v) is 13.2. The third kappa shape index (κ3) is 2.82. The van der Waals surface area contributed by atoms with Crippen LogP contribution in [0.1, 0.15) is 11.4 Å². The minimum atomic E-state index is -0.313. The molecular weight excluding hydrogens is 300 g/mol. The Morgan fingerprint density at radius 2 is 2.36 bits per heavy atom. The molecule has 0 radical (unpaired) electrons. The van der Waals surface area contributed by atoms with Crippen LogP contribution in [0.5, 0.6) is 0 Å². The fraction of sp³-hybridized carbons (Fsp3) is 0.400. The molecule has 1 atom stereocenters. The second-order valence-electron chi connectivity index (χ2n) is 5.37. The number of rotatable bonds is 4. The number of anilines is 1. The largest absolute Gasteiger partial charge is 0.355 e. The third-order valence-corrected chi connectivity index (χ3v) is 4.68. The average molecular weight is 318 g/mol. The highest BCUT2D eigenvalue weighted by atomic mass is 32.1. The van der Waals surface area contributed by atoms with Crippen molar-refractivity contribution in [3.8, 4) is 0 Å². The van der Waals surface area contributed by atoms with Crippen molar-refractivity contribution in [2.24, 2.45) is 11.7 Å². The van der Waals surface area contributed by atoms with E-state index < -0.39 is 0 Å². The van der Waals surface area contributed by atoms with Crippen molar-refractivity contribution in [3.63, 3.8) is 0 Å². The predicted molar refractivity (Wildman–Crippen MR) is 86.9 cm³/mol. The summed E-state index contributed by atoms with van der Waals surface area (Å²) in [5, 5.41) is 3.75. The van der Waals surface area contributed by atoms with Gasteiger partial charge in [-0.3, -0.25) is 9.59 Å². The Kier molecular flexibility index (Phi) is 4.08. The summed E-state index contributed by atoms with van der Waals surface area (Å²) >= 11 is 1.63. The van der Waals surface area contributed by atoms with E-state index in [1.807, 2.05) is 25.1 Å². The maximum Gasteiger partial charge on any atom is 0.227 e. The second kappa shape index (κ2) is 6.02. The molecular formula is C15H18N4O2S. The highest BCUT2D eigenvalue weighted by molar-refractivity contribution is 7.18. The van der Waals surface area contributed by atoms with Crippen LogP contribution in [0.25, 0.3) is 10.2 Å². The monoisotopic (exact) mass is 318 g/mol. The lowest BCUT2D eigenvalue weighted by Gasteiger charge is -2.16. The van der Waals surface area contributed by atoms with E-state index in [0.717, 1.165) is 20.9 Å². The normalized spacial score (nSPS) is 18.2. The van der Waals surface area contributed by atoms with Crippen LogP contribution < -0.4 is 16.0 Å². The second-order valence-corrected chi connectivity index (χ2v) is 6.60. The molecule has 7 heteroatoms. The number of fused-ring (bicyclic) bond motifs is 1. The van der Waals surface area contributed by atoms with Crippen LogP contribution in [0.4, 0.5) is 5.69 Å². The number of carbonyl (C=O) groups is 2. The fourth-order valence-electron chi connectivity index (χ4n) is 2.67. The number of aryl methyl sites for hydroxylation is 1. The zero-order valence-electron chi connectivity index (χ0n) is 12.3. The summed E-state index contributed by atoms with van der Waals surface area (Å²) in [6.07, 6.45) is 0.241. The lowest BCUT2D eigenvalue weighted by Crippen LogP contribution is -2.35. The minimum Gasteiger partial charge on any atom is -0.355 e. The quantitative estimate of drug-likeness (QED) is 0.881. The van der Waals surface area contributed by atoms with E-state index in [9.17, 15) is 9.59 Å². The lowest BCUT2D eigenvalue weighted by molar-refractivity contribution is -0.126. The molecule has 1 fully saturated rings. The summed E-state index contributed by atoms with van der Waals surface area (Å²) in [4.78, 5) is 30.3. The van der Waals surface area contributed by atoms with Crippen molar-refractivity contribution in [1.82, 2.24) is 10.3 Å². The first kappa shape index (κ1) is 14.9. The summed E-state index contributed by atoms with van der Waals surface area (Å²) < 4.78 is 1.10. The minimum absolute atomic E-state index is 0.0285. The van der Waals surface area contributed by atoms with Crippen LogP contribution in [0, 0.1) is 12.8 Å². The predicted octanol–water partition coefficient (Wildman–Crippen LogP) is 1.03. The van der Waals surface area contributed by atoms with Crippen molar-refractivity contribution in [3.05, 3.63) is 23.2 Å². The first-order chi connectivity index (χ1) is 10.6. The molecule has 1 aliphatic rings. The van der Waals surface area contributed by atoms with Gasteiger partial charge in [-0.05, 0) is 25.1 Å². The summed E-state index contributed by atoms with van der Waals surface area (Å²) in [7, 11) is 0. The van der Waals surface area contributed by atoms with Crippen molar-refractivity contribution in [1.29, 1.82) is 0 Å². The first-order valence-corrected chi connectivity index (χ1v) is 8.05. The van der Waals surface area contributed by atoms with Gasteiger partial charge >= 0.3 is 0 Å². The Morgan fingerprint density at radius 1 is 1.55 bits per heavy atom. The van der Waals surface area contributed by atoms with Gasteiger partial charge in [0.15, 0.2) is 0 Å². The number of nitrogens with zero attached hydrogens (tertiary/aromatic N) is 2. The molecule has 1 unspecified atom stereocenters. The molecule has 3 N–H and O–H groups in total. The molecule has 22 heavy (non-hydrogen) atoms. The highest BCUT2D eigenvalue weighted by Crippen LogP contribution is 2.30. The molecule has 1 saturated heterocycles. The van der Waals surface area contributed by atoms with Crippen molar-refractivity contribution >= 4 is 39.1 Å². The van der Waals surface area contributed by atoms with Gasteiger partial charge in [0.1, 0.15) is 0 Å². The van der Waals surface area contributed by atoms with Crippen LogP contribution in [-0.4, -0.2) is 36.4 Å². The van der Waals surface area contributed by atoms with E-state index in [-0.39, 0.29) is 24.2 Å². The Morgan fingerprint density at radius 3 is 3.14 bits per heavy atom. The van der Waals surface area contributed by atoms with Crippen LogP contribution >= 0.6 is 11.3 Å². The van der Waals surface area contributed by atoms with Gasteiger partial charge in [-0.15, -0.1) is 11.3 Å². The standard InChI is InChI=1S/C15H18N4O2S/c1-9-18-12-7-11(2-3-13(12)22-9)19-8-10(6-14(19)20)15(21)17-5-4-16/h2-3,7,10H,4-6,8,16H2,1H3,(H,17,21). The molecule has 0 saturated carbocycles. The van der Waals surface area contributed by atoms with Gasteiger partial charge in [-0.2, -0.15) is 0 Å². The Hall–Kier alpha value is -1.99. The number of amides is 2. The maximum atomic E-state index is 12.2. The summed E-state index contributed by atoms with van der Waals surface area (Å²) in [6.45, 7) is 3.20. The molecule has 0 aliphatic carbocycles. The first-order valence-electron chi connectivity index (χ1n) is 7.24. The number of carbonyl (C=O) groups excluding carboxylic acids is 2. The Bertz CT molecular complexity index is 727. The topological polar surface area (TPSA) is 88.3 Å². The van der Waals surface area contributed by atoms with Gasteiger partial charge in [0.25, 0.3) is 0 Å². The van der Waals surface area contributed by atoms with E-state index in [0.29, 0.717) is 19.6 Å². The molecule has 2 amide bonds. The van der Waals surface area contributed by atoms with Gasteiger partial charge in [0.2, 0.25) is 11.8 Å². The summed E-state index contributed by atoms with van der Waals surface area (Å²) in [6, 6.07) is 5.80. The average Bonchev–Trinajstić information content (AvgIpc) is 3.05. The van der Waals surface area contributed by atoms with Gasteiger partial charge in [-0.1, -0.05) is 0 Å². The zero-order chi connectivity index (χ0) is 15.7. The van der Waals surface area contributed by atoms with Gasteiger partial charge in [0, 0.05) is 31.7 Å². The molecule has 0 bridgehead atoms. The van der Waals surface area contributed by atoms with Gasteiger partial charge in [0.05, 0.1) is 21.1 Å². The number of nitrogens with two attached hydrogens (primary N) is 1. The van der Waals surface area contributed by atoms with E-state index >= 15 is 0 Å². The molecule has 2 aromatic rings. The lowest BCUT2D eigenvalue weighted by atomic mass is 10.1.